The molecule has 0 aliphatic heterocycles. The number of sulfonamides is 1. The van der Waals surface area contributed by atoms with Crippen molar-refractivity contribution in [2.75, 3.05) is 13.1 Å². The molecule has 24 heavy (non-hydrogen) atoms. The van der Waals surface area contributed by atoms with Crippen LogP contribution in [0.3, 0.4) is 0 Å². The molecule has 0 heterocycles. The number of nitrogens with one attached hydrogen (secondary N) is 2. The standard InChI is InChI=1S/C14H18F2N2O5S/c1-3-17-14(20)9(2)23-13(19)6-7-18-24(21,22)10-4-5-11(15)12(16)8-10/h4-5,8-9,18H,3,6-7H2,1-2H3,(H,17,20)/t9-/m0/s1. The van der Waals surface area contributed by atoms with Gasteiger partial charge < -0.3 is 10.1 Å². The van der Waals surface area contributed by atoms with Crippen molar-refractivity contribution < 1.29 is 31.5 Å². The molecule has 10 heteroatoms. The van der Waals surface area contributed by atoms with Gasteiger partial charge in [-0.05, 0) is 32.0 Å². The third kappa shape index (κ3) is 5.85. The molecule has 2 N–H and O–H groups in total. The van der Waals surface area contributed by atoms with Gasteiger partial charge in [-0.25, -0.2) is 21.9 Å². The fraction of sp³-hybridized carbons (Fsp3) is 0.429. The number of halogens is 2. The molecule has 0 spiro atoms. The Morgan fingerprint density at radius 1 is 1.25 bits per heavy atom. The highest BCUT2D eigenvalue weighted by atomic mass is 32.2. The Morgan fingerprint density at radius 3 is 2.50 bits per heavy atom. The first-order valence-electron chi connectivity index (χ1n) is 7.09. The molecular formula is C14H18F2N2O5S. The zero-order valence-corrected chi connectivity index (χ0v) is 14.0. The summed E-state index contributed by atoms with van der Waals surface area (Å²) in [6.07, 6.45) is -1.33. The molecule has 0 aliphatic carbocycles. The average Bonchev–Trinajstić information content (AvgIpc) is 2.49. The van der Waals surface area contributed by atoms with Gasteiger partial charge >= 0.3 is 5.97 Å². The molecule has 0 saturated heterocycles. The van der Waals surface area contributed by atoms with E-state index in [0.29, 0.717) is 18.7 Å². The highest BCUT2D eigenvalue weighted by molar-refractivity contribution is 7.89. The van der Waals surface area contributed by atoms with Crippen molar-refractivity contribution in [3.05, 3.63) is 29.8 Å². The van der Waals surface area contributed by atoms with E-state index in [2.05, 4.69) is 10.0 Å². The molecule has 1 amide bonds. The van der Waals surface area contributed by atoms with Gasteiger partial charge in [0.15, 0.2) is 17.7 Å². The van der Waals surface area contributed by atoms with Crippen LogP contribution < -0.4 is 10.0 Å². The Morgan fingerprint density at radius 2 is 1.92 bits per heavy atom. The molecule has 0 fully saturated rings. The molecule has 0 aromatic heterocycles. The minimum atomic E-state index is -4.09. The molecule has 0 aliphatic rings. The van der Waals surface area contributed by atoms with Crippen LogP contribution in [0, 0.1) is 11.6 Å². The number of carbonyl (C=O) groups excluding carboxylic acids is 2. The van der Waals surface area contributed by atoms with E-state index >= 15 is 0 Å². The molecule has 134 valence electrons. The number of benzene rings is 1. The van der Waals surface area contributed by atoms with Crippen LogP contribution in [0.1, 0.15) is 20.3 Å². The van der Waals surface area contributed by atoms with Crippen LogP contribution in [-0.4, -0.2) is 39.5 Å². The molecule has 0 radical (unpaired) electrons. The summed E-state index contributed by atoms with van der Waals surface area (Å²) >= 11 is 0. The molecule has 1 aromatic rings. The van der Waals surface area contributed by atoms with Crippen LogP contribution in [0.5, 0.6) is 0 Å². The van der Waals surface area contributed by atoms with Gasteiger partial charge in [0.05, 0.1) is 11.3 Å². The molecule has 0 bridgehead atoms. The molecule has 1 atom stereocenters. The molecule has 0 saturated carbocycles. The van der Waals surface area contributed by atoms with E-state index in [4.69, 9.17) is 4.74 Å². The summed E-state index contributed by atoms with van der Waals surface area (Å²) in [6, 6.07) is 2.12. The maximum absolute atomic E-state index is 13.1. The monoisotopic (exact) mass is 364 g/mol. The van der Waals surface area contributed by atoms with Crippen LogP contribution >= 0.6 is 0 Å². The van der Waals surface area contributed by atoms with E-state index in [1.165, 1.54) is 6.92 Å². The van der Waals surface area contributed by atoms with Crippen molar-refractivity contribution in [1.29, 1.82) is 0 Å². The van der Waals surface area contributed by atoms with E-state index in [1.54, 1.807) is 6.92 Å². The van der Waals surface area contributed by atoms with Crippen LogP contribution in [0.4, 0.5) is 8.78 Å². The van der Waals surface area contributed by atoms with E-state index in [1.807, 2.05) is 0 Å². The van der Waals surface area contributed by atoms with Gasteiger partial charge in [-0.2, -0.15) is 0 Å². The molecular weight excluding hydrogens is 346 g/mol. The first kappa shape index (κ1) is 20.0. The largest absolute Gasteiger partial charge is 0.453 e. The molecule has 1 rings (SSSR count). The number of carbonyl (C=O) groups is 2. The van der Waals surface area contributed by atoms with Crippen LogP contribution in [0.25, 0.3) is 0 Å². The number of hydrogen-bond donors (Lipinski definition) is 2. The van der Waals surface area contributed by atoms with Crippen molar-refractivity contribution in [3.8, 4) is 0 Å². The summed E-state index contributed by atoms with van der Waals surface area (Å²) in [4.78, 5) is 22.5. The Labute approximate surface area is 138 Å². The first-order chi connectivity index (χ1) is 11.2. The predicted molar refractivity (Wildman–Crippen MR) is 80.4 cm³/mol. The van der Waals surface area contributed by atoms with Gasteiger partial charge in [0.25, 0.3) is 5.91 Å². The quantitative estimate of drug-likeness (QED) is 0.661. The molecule has 1 aromatic carbocycles. The lowest BCUT2D eigenvalue weighted by molar-refractivity contribution is -0.154. The minimum absolute atomic E-state index is 0.317. The van der Waals surface area contributed by atoms with Gasteiger partial charge in [-0.15, -0.1) is 0 Å². The zero-order chi connectivity index (χ0) is 18.3. The number of esters is 1. The number of hydrogen-bond acceptors (Lipinski definition) is 5. The van der Waals surface area contributed by atoms with Crippen molar-refractivity contribution in [3.63, 3.8) is 0 Å². The van der Waals surface area contributed by atoms with E-state index in [0.717, 1.165) is 6.07 Å². The Hall–Kier alpha value is -2.07. The van der Waals surface area contributed by atoms with Gasteiger partial charge in [0.2, 0.25) is 10.0 Å². The van der Waals surface area contributed by atoms with Crippen LogP contribution in [-0.2, 0) is 24.3 Å². The smallest absolute Gasteiger partial charge is 0.307 e. The Kier molecular flexibility index (Phi) is 7.23. The Bertz CT molecular complexity index is 709. The number of ether oxygens (including phenoxy) is 1. The fourth-order valence-corrected chi connectivity index (χ4v) is 2.69. The zero-order valence-electron chi connectivity index (χ0n) is 13.1. The highest BCUT2D eigenvalue weighted by Crippen LogP contribution is 2.13. The van der Waals surface area contributed by atoms with Gasteiger partial charge in [0.1, 0.15) is 0 Å². The predicted octanol–water partition coefficient (Wildman–Crippen LogP) is 0.701. The lowest BCUT2D eigenvalue weighted by Crippen LogP contribution is -2.36. The second kappa shape index (κ2) is 8.69. The summed E-state index contributed by atoms with van der Waals surface area (Å²) < 4.78 is 56.5. The topological polar surface area (TPSA) is 102 Å². The third-order valence-corrected chi connectivity index (χ3v) is 4.31. The van der Waals surface area contributed by atoms with E-state index in [-0.39, 0.29) is 13.0 Å². The van der Waals surface area contributed by atoms with Crippen molar-refractivity contribution in [2.24, 2.45) is 0 Å². The fourth-order valence-electron chi connectivity index (χ4n) is 1.64. The van der Waals surface area contributed by atoms with Crippen molar-refractivity contribution in [2.45, 2.75) is 31.3 Å². The lowest BCUT2D eigenvalue weighted by atomic mass is 10.3. The maximum atomic E-state index is 13.1. The Balaban J connectivity index is 2.52. The summed E-state index contributed by atoms with van der Waals surface area (Å²) in [5, 5.41) is 2.47. The third-order valence-electron chi connectivity index (χ3n) is 2.85. The van der Waals surface area contributed by atoms with Gasteiger partial charge in [-0.1, -0.05) is 0 Å². The summed E-state index contributed by atoms with van der Waals surface area (Å²) in [5.41, 5.74) is 0. The second-order valence-corrected chi connectivity index (χ2v) is 6.52. The first-order valence-corrected chi connectivity index (χ1v) is 8.57. The van der Waals surface area contributed by atoms with Gasteiger partial charge in [0, 0.05) is 13.1 Å². The number of rotatable bonds is 8. The number of amides is 1. The summed E-state index contributed by atoms with van der Waals surface area (Å²) in [5.74, 6) is -3.71. The van der Waals surface area contributed by atoms with Crippen molar-refractivity contribution in [1.82, 2.24) is 10.0 Å². The van der Waals surface area contributed by atoms with Crippen molar-refractivity contribution >= 4 is 21.9 Å². The SMILES string of the molecule is CCNC(=O)[C@H](C)OC(=O)CCNS(=O)(=O)c1ccc(F)c(F)c1. The van der Waals surface area contributed by atoms with Crippen LogP contribution in [0.2, 0.25) is 0 Å². The van der Waals surface area contributed by atoms with Crippen LogP contribution in [0.15, 0.2) is 23.1 Å². The summed E-state index contributed by atoms with van der Waals surface area (Å²) in [7, 11) is -4.09. The summed E-state index contributed by atoms with van der Waals surface area (Å²) in [6.45, 7) is 3.16. The highest BCUT2D eigenvalue weighted by Gasteiger charge is 2.19. The van der Waals surface area contributed by atoms with E-state index in [9.17, 15) is 26.8 Å². The van der Waals surface area contributed by atoms with E-state index < -0.39 is 44.5 Å². The lowest BCUT2D eigenvalue weighted by Gasteiger charge is -2.13. The maximum Gasteiger partial charge on any atom is 0.307 e. The normalized spacial score (nSPS) is 12.5. The van der Waals surface area contributed by atoms with Gasteiger partial charge in [-0.3, -0.25) is 9.59 Å². The number of likely N-dealkylation sites (N-methyl/N-ethyl adjacent to an activating group) is 1. The molecule has 7 nitrogen and oxygen atoms in total. The minimum Gasteiger partial charge on any atom is -0.453 e. The molecule has 0 unspecified atom stereocenters. The second-order valence-electron chi connectivity index (χ2n) is 4.75. The average molecular weight is 364 g/mol.